The Labute approximate surface area is 202 Å². The molecule has 10 heteroatoms. The summed E-state index contributed by atoms with van der Waals surface area (Å²) in [4.78, 5) is 38.9. The largest absolute Gasteiger partial charge is 0.493 e. The number of anilines is 1. The summed E-state index contributed by atoms with van der Waals surface area (Å²) in [5.41, 5.74) is 2.75. The summed E-state index contributed by atoms with van der Waals surface area (Å²) >= 11 is 0. The number of hydrogen-bond acceptors (Lipinski definition) is 7. The number of aryl methyl sites for hydroxylation is 1. The lowest BCUT2D eigenvalue weighted by Crippen LogP contribution is -2.44. The molecule has 5 rings (SSSR count). The van der Waals surface area contributed by atoms with Crippen molar-refractivity contribution in [2.24, 2.45) is 0 Å². The van der Waals surface area contributed by atoms with Crippen LogP contribution >= 0.6 is 0 Å². The summed E-state index contributed by atoms with van der Waals surface area (Å²) in [5, 5.41) is 7.53. The van der Waals surface area contributed by atoms with Gasteiger partial charge in [0.15, 0.2) is 17.1 Å². The Bertz CT molecular complexity index is 1440. The zero-order chi connectivity index (χ0) is 24.5. The van der Waals surface area contributed by atoms with Crippen LogP contribution in [-0.2, 0) is 4.79 Å². The Morgan fingerprint density at radius 3 is 2.63 bits per heavy atom. The topological polar surface area (TPSA) is 118 Å². The van der Waals surface area contributed by atoms with E-state index in [1.165, 1.54) is 0 Å². The molecule has 180 valence electrons. The van der Waals surface area contributed by atoms with E-state index in [0.29, 0.717) is 33.9 Å². The number of ether oxygens (including phenoxy) is 1. The molecule has 0 radical (unpaired) electrons. The molecule has 0 atom stereocenters. The number of carbonyl (C=O) groups is 1. The molecule has 0 unspecified atom stereocenters. The van der Waals surface area contributed by atoms with Crippen LogP contribution in [0.5, 0.6) is 5.75 Å². The van der Waals surface area contributed by atoms with E-state index in [2.05, 4.69) is 25.3 Å². The lowest BCUT2D eigenvalue weighted by Gasteiger charge is -2.33. The highest BCUT2D eigenvalue weighted by molar-refractivity contribution is 5.80. The van der Waals surface area contributed by atoms with Gasteiger partial charge in [0, 0.05) is 37.8 Å². The minimum atomic E-state index is -0.280. The first-order valence-electron chi connectivity index (χ1n) is 11.6. The lowest BCUT2D eigenvalue weighted by molar-refractivity contribution is -0.119. The maximum Gasteiger partial charge on any atom is 0.277 e. The van der Waals surface area contributed by atoms with Gasteiger partial charge in [-0.05, 0) is 38.0 Å². The molecule has 0 aliphatic carbocycles. The summed E-state index contributed by atoms with van der Waals surface area (Å²) < 4.78 is 7.26. The second kappa shape index (κ2) is 9.21. The van der Waals surface area contributed by atoms with Gasteiger partial charge >= 0.3 is 0 Å². The van der Waals surface area contributed by atoms with Gasteiger partial charge in [-0.25, -0.2) is 14.6 Å². The number of aromatic amines is 1. The van der Waals surface area contributed by atoms with Gasteiger partial charge in [0.05, 0.1) is 18.5 Å². The third kappa shape index (κ3) is 4.34. The number of para-hydroxylation sites is 1. The molecule has 0 saturated carbocycles. The summed E-state index contributed by atoms with van der Waals surface area (Å²) in [6.07, 6.45) is 3.36. The van der Waals surface area contributed by atoms with Crippen molar-refractivity contribution in [1.29, 1.82) is 0 Å². The van der Waals surface area contributed by atoms with Crippen LogP contribution in [0.1, 0.15) is 25.5 Å². The van der Waals surface area contributed by atoms with Gasteiger partial charge in [-0.2, -0.15) is 5.10 Å². The summed E-state index contributed by atoms with van der Waals surface area (Å²) in [6, 6.07) is 11.5. The Balaban J connectivity index is 1.47. The standard InChI is InChI=1S/C25H27N7O3/c1-15-21-22(32(30-15)19-7-5-4-6-8-19)25(34)29-23(28-21)17-13-20(35-3)24(26-14-17)31-11-9-18(10-12-31)27-16(2)33/h4-8,13-14,18H,9-12H2,1-3H3,(H,27,33)(H,28,29,34). The van der Waals surface area contributed by atoms with Gasteiger partial charge in [-0.1, -0.05) is 18.2 Å². The average molecular weight is 474 g/mol. The number of methoxy groups -OCH3 is 1. The Kier molecular flexibility index (Phi) is 5.94. The Morgan fingerprint density at radius 2 is 1.94 bits per heavy atom. The van der Waals surface area contributed by atoms with Crippen molar-refractivity contribution in [3.63, 3.8) is 0 Å². The summed E-state index contributed by atoms with van der Waals surface area (Å²) in [5.74, 6) is 1.72. The molecule has 4 heterocycles. The number of carbonyl (C=O) groups excluding carboxylic acids is 1. The van der Waals surface area contributed by atoms with Crippen molar-refractivity contribution < 1.29 is 9.53 Å². The fourth-order valence-corrected chi connectivity index (χ4v) is 4.53. The zero-order valence-corrected chi connectivity index (χ0v) is 19.9. The van der Waals surface area contributed by atoms with Crippen molar-refractivity contribution in [2.75, 3.05) is 25.1 Å². The highest BCUT2D eigenvalue weighted by Crippen LogP contribution is 2.32. The van der Waals surface area contributed by atoms with Gasteiger partial charge in [-0.15, -0.1) is 0 Å². The molecule has 1 aliphatic rings. The van der Waals surface area contributed by atoms with Gasteiger partial charge in [0.2, 0.25) is 5.91 Å². The predicted molar refractivity (Wildman–Crippen MR) is 133 cm³/mol. The molecule has 1 aromatic carbocycles. The van der Waals surface area contributed by atoms with Gasteiger partial charge in [-0.3, -0.25) is 9.59 Å². The van der Waals surface area contributed by atoms with Gasteiger partial charge < -0.3 is 19.9 Å². The molecular formula is C25H27N7O3. The minimum absolute atomic E-state index is 0.00785. The molecule has 1 saturated heterocycles. The van der Waals surface area contributed by atoms with Crippen molar-refractivity contribution in [2.45, 2.75) is 32.7 Å². The van der Waals surface area contributed by atoms with Gasteiger partial charge in [0.25, 0.3) is 5.56 Å². The third-order valence-corrected chi connectivity index (χ3v) is 6.23. The molecule has 35 heavy (non-hydrogen) atoms. The molecule has 2 N–H and O–H groups in total. The number of piperidine rings is 1. The maximum absolute atomic E-state index is 13.1. The minimum Gasteiger partial charge on any atom is -0.493 e. The highest BCUT2D eigenvalue weighted by atomic mass is 16.5. The third-order valence-electron chi connectivity index (χ3n) is 6.23. The molecule has 1 fully saturated rings. The SMILES string of the molecule is COc1cc(-c2nc3c(C)nn(-c4ccccc4)c3c(=O)[nH]2)cnc1N1CCC(NC(C)=O)CC1. The number of fused-ring (bicyclic) bond motifs is 1. The molecule has 0 bridgehead atoms. The van der Waals surface area contributed by atoms with E-state index in [-0.39, 0.29) is 17.5 Å². The lowest BCUT2D eigenvalue weighted by atomic mass is 10.0. The average Bonchev–Trinajstić information content (AvgIpc) is 3.21. The molecule has 3 aromatic heterocycles. The second-order valence-electron chi connectivity index (χ2n) is 8.66. The number of nitrogens with zero attached hydrogens (tertiary/aromatic N) is 5. The molecule has 4 aromatic rings. The number of pyridine rings is 1. The van der Waals surface area contributed by atoms with E-state index in [1.807, 2.05) is 43.3 Å². The zero-order valence-electron chi connectivity index (χ0n) is 19.9. The first kappa shape index (κ1) is 22.6. The van der Waals surface area contributed by atoms with Crippen molar-refractivity contribution in [1.82, 2.24) is 30.0 Å². The number of rotatable bonds is 5. The van der Waals surface area contributed by atoms with Crippen LogP contribution in [0.2, 0.25) is 0 Å². The predicted octanol–water partition coefficient (Wildman–Crippen LogP) is 2.59. The fraction of sp³-hybridized carbons (Fsp3) is 0.320. The number of benzene rings is 1. The molecular weight excluding hydrogens is 446 g/mol. The maximum atomic E-state index is 13.1. The van der Waals surface area contributed by atoms with Crippen molar-refractivity contribution >= 4 is 22.8 Å². The molecule has 10 nitrogen and oxygen atoms in total. The van der Waals surface area contributed by atoms with E-state index in [1.54, 1.807) is 24.9 Å². The van der Waals surface area contributed by atoms with E-state index < -0.39 is 0 Å². The van der Waals surface area contributed by atoms with Crippen molar-refractivity contribution in [3.05, 3.63) is 58.6 Å². The van der Waals surface area contributed by atoms with E-state index in [0.717, 1.165) is 37.4 Å². The Morgan fingerprint density at radius 1 is 1.20 bits per heavy atom. The normalized spacial score (nSPS) is 14.3. The first-order chi connectivity index (χ1) is 16.9. The quantitative estimate of drug-likeness (QED) is 0.457. The van der Waals surface area contributed by atoms with Crippen LogP contribution in [0, 0.1) is 6.92 Å². The number of amides is 1. The van der Waals surface area contributed by atoms with Crippen LogP contribution in [0.25, 0.3) is 28.1 Å². The van der Waals surface area contributed by atoms with Crippen LogP contribution in [0.15, 0.2) is 47.4 Å². The van der Waals surface area contributed by atoms with Crippen LogP contribution in [0.3, 0.4) is 0 Å². The van der Waals surface area contributed by atoms with Gasteiger partial charge in [0.1, 0.15) is 11.3 Å². The van der Waals surface area contributed by atoms with Crippen molar-refractivity contribution in [3.8, 4) is 22.8 Å². The van der Waals surface area contributed by atoms with E-state index >= 15 is 0 Å². The second-order valence-corrected chi connectivity index (χ2v) is 8.66. The number of nitrogens with one attached hydrogen (secondary N) is 2. The van der Waals surface area contributed by atoms with Crippen LogP contribution in [-0.4, -0.2) is 56.9 Å². The fourth-order valence-electron chi connectivity index (χ4n) is 4.53. The molecule has 1 amide bonds. The van der Waals surface area contributed by atoms with E-state index in [9.17, 15) is 9.59 Å². The number of H-pyrrole nitrogens is 1. The van der Waals surface area contributed by atoms with Crippen LogP contribution < -0.4 is 20.5 Å². The first-order valence-corrected chi connectivity index (χ1v) is 11.6. The smallest absolute Gasteiger partial charge is 0.277 e. The monoisotopic (exact) mass is 473 g/mol. The summed E-state index contributed by atoms with van der Waals surface area (Å²) in [7, 11) is 1.60. The highest BCUT2D eigenvalue weighted by Gasteiger charge is 2.24. The number of aromatic nitrogens is 5. The summed E-state index contributed by atoms with van der Waals surface area (Å²) in [6.45, 7) is 4.89. The molecule has 1 aliphatic heterocycles. The Hall–Kier alpha value is -4.21. The number of hydrogen-bond donors (Lipinski definition) is 2. The van der Waals surface area contributed by atoms with E-state index in [4.69, 9.17) is 9.72 Å². The van der Waals surface area contributed by atoms with Crippen LogP contribution in [0.4, 0.5) is 5.82 Å². The molecule has 0 spiro atoms.